The highest BCUT2D eigenvalue weighted by atomic mass is 28.3. The van der Waals surface area contributed by atoms with Crippen molar-refractivity contribution in [2.24, 2.45) is 9.63 Å². The Labute approximate surface area is 154 Å². The maximum atomic E-state index is 14.5. The van der Waals surface area contributed by atoms with E-state index in [1.54, 1.807) is 33.9 Å². The Morgan fingerprint density at radius 1 is 1.50 bits per heavy atom. The van der Waals surface area contributed by atoms with Crippen LogP contribution >= 0.6 is 0 Å². The highest BCUT2D eigenvalue weighted by Crippen LogP contribution is 2.36. The molecule has 0 unspecified atom stereocenters. The highest BCUT2D eigenvalue weighted by Gasteiger charge is 2.39. The number of halogens is 1. The molecule has 0 saturated carbocycles. The molecule has 0 spiro atoms. The van der Waals surface area contributed by atoms with Crippen LogP contribution in [-0.4, -0.2) is 45.1 Å². The Hall–Kier alpha value is -2.29. The summed E-state index contributed by atoms with van der Waals surface area (Å²) in [6.07, 6.45) is -0.613. The summed E-state index contributed by atoms with van der Waals surface area (Å²) >= 11 is 0. The topological polar surface area (TPSA) is 92.3 Å². The minimum Gasteiger partial charge on any atom is -0.444 e. The number of rotatable bonds is 1. The third-order valence-corrected chi connectivity index (χ3v) is 6.51. The molecule has 0 aromatic heterocycles. The summed E-state index contributed by atoms with van der Waals surface area (Å²) in [5.74, 6) is -0.0709. The predicted octanol–water partition coefficient (Wildman–Crippen LogP) is 2.84. The number of alkyl carbamates (subject to hydrolysis) is 1. The molecule has 1 atom stereocenters. The van der Waals surface area contributed by atoms with Crippen molar-refractivity contribution in [3.05, 3.63) is 29.6 Å². The maximum Gasteiger partial charge on any atom is 0.414 e. The van der Waals surface area contributed by atoms with E-state index >= 15 is 0 Å². The molecule has 0 bridgehead atoms. The summed E-state index contributed by atoms with van der Waals surface area (Å²) in [5.41, 5.74) is 5.17. The molecule has 26 heavy (non-hydrogen) atoms. The molecule has 1 aliphatic heterocycles. The number of anilines is 1. The third-order valence-electron chi connectivity index (χ3n) is 4.00. The van der Waals surface area contributed by atoms with E-state index in [-0.39, 0.29) is 5.82 Å². The second-order valence-corrected chi connectivity index (χ2v) is 9.76. The van der Waals surface area contributed by atoms with Crippen molar-refractivity contribution < 1.29 is 13.9 Å². The highest BCUT2D eigenvalue weighted by molar-refractivity contribution is 6.48. The van der Waals surface area contributed by atoms with E-state index in [0.29, 0.717) is 23.3 Å². The molecule has 1 aromatic rings. The fourth-order valence-corrected chi connectivity index (χ4v) is 4.67. The molecule has 0 saturated heterocycles. The van der Waals surface area contributed by atoms with Crippen LogP contribution in [0.4, 0.5) is 14.9 Å². The molecule has 1 aliphatic rings. The van der Waals surface area contributed by atoms with Crippen LogP contribution in [-0.2, 0) is 10.3 Å². The lowest BCUT2D eigenvalue weighted by molar-refractivity contribution is 0.0558. The number of guanidine groups is 1. The van der Waals surface area contributed by atoms with Crippen molar-refractivity contribution in [2.45, 2.75) is 44.9 Å². The molecule has 1 heterocycles. The maximum absolute atomic E-state index is 14.5. The molecule has 0 aliphatic carbocycles. The monoisotopic (exact) mass is 379 g/mol. The lowest BCUT2D eigenvalue weighted by Gasteiger charge is -2.37. The zero-order valence-corrected chi connectivity index (χ0v) is 17.1. The number of ether oxygens (including phenoxy) is 1. The van der Waals surface area contributed by atoms with Crippen molar-refractivity contribution in [3.8, 4) is 0 Å². The van der Waals surface area contributed by atoms with Crippen molar-refractivity contribution in [2.75, 3.05) is 19.8 Å². The summed E-state index contributed by atoms with van der Waals surface area (Å²) in [7, 11) is 2.10. The first-order chi connectivity index (χ1) is 11.9. The van der Waals surface area contributed by atoms with E-state index in [9.17, 15) is 9.18 Å². The van der Waals surface area contributed by atoms with Crippen molar-refractivity contribution >= 4 is 26.5 Å². The van der Waals surface area contributed by atoms with Crippen LogP contribution in [0.5, 0.6) is 0 Å². The van der Waals surface area contributed by atoms with E-state index in [0.717, 1.165) is 0 Å². The van der Waals surface area contributed by atoms with Gasteiger partial charge in [-0.1, -0.05) is 0 Å². The van der Waals surface area contributed by atoms with E-state index in [2.05, 4.69) is 14.9 Å². The molecule has 3 N–H and O–H groups in total. The molecule has 0 fully saturated rings. The number of carbonyl (C=O) groups excluding carboxylic acids is 1. The Kier molecular flexibility index (Phi) is 5.50. The van der Waals surface area contributed by atoms with E-state index in [1.165, 1.54) is 12.1 Å². The zero-order valence-electron chi connectivity index (χ0n) is 16.1. The van der Waals surface area contributed by atoms with Crippen LogP contribution in [0.1, 0.15) is 33.3 Å². The van der Waals surface area contributed by atoms with Crippen LogP contribution in [0.15, 0.2) is 27.8 Å². The fraction of sp³-hybridized carbons (Fsp3) is 0.529. The summed E-state index contributed by atoms with van der Waals surface area (Å²) < 4.78 is 26.0. The Morgan fingerprint density at radius 2 is 2.15 bits per heavy atom. The van der Waals surface area contributed by atoms with Gasteiger partial charge in [-0.3, -0.25) is 5.32 Å². The average Bonchev–Trinajstić information content (AvgIpc) is 2.51. The molecule has 2 rings (SSSR count). The number of carbonyl (C=O) groups is 1. The van der Waals surface area contributed by atoms with E-state index in [4.69, 9.17) is 10.5 Å². The SMILES string of the molecule is CN=[Si]1C[C@@](C)(c2cc(N)ccc2F)N=C(NC(=O)OC(C)(C)C)N1C. The minimum absolute atomic E-state index is 0.314. The number of amides is 1. The quantitative estimate of drug-likeness (QED) is 0.580. The number of nitrogens with zero attached hydrogens (tertiary/aromatic N) is 3. The molecule has 0 radical (unpaired) electrons. The first-order valence-electron chi connectivity index (χ1n) is 8.30. The van der Waals surface area contributed by atoms with Crippen LogP contribution in [0.3, 0.4) is 0 Å². The molecule has 1 amide bonds. The van der Waals surface area contributed by atoms with Crippen molar-refractivity contribution in [1.29, 1.82) is 0 Å². The Morgan fingerprint density at radius 3 is 2.73 bits per heavy atom. The average molecular weight is 380 g/mol. The van der Waals surface area contributed by atoms with Gasteiger partial charge in [-0.15, -0.1) is 0 Å². The first-order valence-corrected chi connectivity index (χ1v) is 9.90. The second-order valence-electron chi connectivity index (χ2n) is 7.45. The number of aliphatic imine (C=N–C) groups is 1. The smallest absolute Gasteiger partial charge is 0.414 e. The molecular weight excluding hydrogens is 353 g/mol. The number of benzene rings is 1. The number of hydrogen-bond donors (Lipinski definition) is 2. The van der Waals surface area contributed by atoms with Gasteiger partial charge in [0.05, 0.1) is 5.54 Å². The fourth-order valence-electron chi connectivity index (χ4n) is 2.74. The minimum atomic E-state index is -1.43. The van der Waals surface area contributed by atoms with Crippen LogP contribution < -0.4 is 11.1 Å². The molecule has 1 aromatic carbocycles. The molecule has 7 nitrogen and oxygen atoms in total. The van der Waals surface area contributed by atoms with Gasteiger partial charge < -0.3 is 19.7 Å². The summed E-state index contributed by atoms with van der Waals surface area (Å²) in [6.45, 7) is 7.16. The number of hydrogen-bond acceptors (Lipinski definition) is 5. The van der Waals surface area contributed by atoms with Gasteiger partial charge in [-0.05, 0) is 45.9 Å². The first kappa shape index (κ1) is 20.0. The Balaban J connectivity index is 2.45. The van der Waals surface area contributed by atoms with Crippen LogP contribution in [0.2, 0.25) is 6.04 Å². The summed E-state index contributed by atoms with van der Waals surface area (Å²) in [5, 5.41) is 2.68. The number of nitrogen functional groups attached to an aromatic ring is 1. The van der Waals surface area contributed by atoms with Crippen LogP contribution in [0.25, 0.3) is 0 Å². The van der Waals surface area contributed by atoms with Crippen molar-refractivity contribution in [3.63, 3.8) is 0 Å². The van der Waals surface area contributed by atoms with Gasteiger partial charge in [-0.25, -0.2) is 14.2 Å². The lowest BCUT2D eigenvalue weighted by Crippen LogP contribution is -2.53. The van der Waals surface area contributed by atoms with E-state index in [1.807, 2.05) is 18.5 Å². The molecule has 142 valence electrons. The third kappa shape index (κ3) is 4.46. The van der Waals surface area contributed by atoms with Gasteiger partial charge in [-0.2, -0.15) is 0 Å². The number of nitrogens with one attached hydrogen (secondary N) is 1. The molecular formula is C17H26FN5O2Si. The lowest BCUT2D eigenvalue weighted by atomic mass is 9.93. The summed E-state index contributed by atoms with van der Waals surface area (Å²) in [4.78, 5) is 16.8. The number of nitrogens with two attached hydrogens (primary N) is 1. The summed E-state index contributed by atoms with van der Waals surface area (Å²) in [6, 6.07) is 4.98. The predicted molar refractivity (Wildman–Crippen MR) is 102 cm³/mol. The van der Waals surface area contributed by atoms with Gasteiger partial charge in [0.1, 0.15) is 11.4 Å². The van der Waals surface area contributed by atoms with Gasteiger partial charge in [0, 0.05) is 31.4 Å². The zero-order chi connectivity index (χ0) is 19.7. The van der Waals surface area contributed by atoms with Crippen LogP contribution in [0, 0.1) is 5.82 Å². The van der Waals surface area contributed by atoms with Gasteiger partial charge in [0.15, 0.2) is 0 Å². The molecule has 9 heteroatoms. The van der Waals surface area contributed by atoms with E-state index < -0.39 is 26.0 Å². The van der Waals surface area contributed by atoms with Gasteiger partial charge in [0.2, 0.25) is 14.7 Å². The van der Waals surface area contributed by atoms with Crippen molar-refractivity contribution in [1.82, 2.24) is 9.88 Å². The largest absolute Gasteiger partial charge is 0.444 e. The van der Waals surface area contributed by atoms with Gasteiger partial charge in [0.25, 0.3) is 0 Å². The standard InChI is InChI=1S/C17H26FN5O2Si/c1-16(2,3)25-15(24)21-14-22-17(4,10-26(20-5)23(14)6)12-9-11(19)7-8-13(12)18/h7-9H,10,19H2,1-6H3,(H,21,22,24)/t17-/m0/s1. The Bertz CT molecular complexity index is 775. The normalized spacial score (nSPS) is 22.2. The van der Waals surface area contributed by atoms with Gasteiger partial charge >= 0.3 is 6.09 Å². The second kappa shape index (κ2) is 7.14.